The maximum absolute atomic E-state index is 13.4. The minimum absolute atomic E-state index is 0.171. The van der Waals surface area contributed by atoms with Gasteiger partial charge in [-0.2, -0.15) is 0 Å². The molecule has 7 heteroatoms. The fourth-order valence-electron chi connectivity index (χ4n) is 1.24. The molecule has 0 radical (unpaired) electrons. The van der Waals surface area contributed by atoms with Gasteiger partial charge in [-0.05, 0) is 30.3 Å². The molecule has 0 aliphatic heterocycles. The summed E-state index contributed by atoms with van der Waals surface area (Å²) < 4.78 is 14.1. The Kier molecular flexibility index (Phi) is 3.52. The molecule has 1 aromatic carbocycles. The lowest BCUT2D eigenvalue weighted by Crippen LogP contribution is -2.04. The summed E-state index contributed by atoms with van der Waals surface area (Å²) in [7, 11) is 0. The third-order valence-corrected chi connectivity index (χ3v) is 2.57. The Morgan fingerprint density at radius 3 is 2.67 bits per heavy atom. The van der Waals surface area contributed by atoms with E-state index in [1.54, 1.807) is 12.1 Å². The Labute approximate surface area is 110 Å². The minimum atomic E-state index is -1.16. The molecule has 0 saturated heterocycles. The predicted molar refractivity (Wildman–Crippen MR) is 66.4 cm³/mol. The molecule has 1 aromatic heterocycles. The molecule has 5 nitrogen and oxygen atoms in total. The third-order valence-electron chi connectivity index (χ3n) is 2.07. The molecule has 2 N–H and O–H groups in total. The molecule has 0 aliphatic rings. The van der Waals surface area contributed by atoms with E-state index in [9.17, 15) is 9.18 Å². The second-order valence-corrected chi connectivity index (χ2v) is 4.27. The summed E-state index contributed by atoms with van der Waals surface area (Å²) in [4.78, 5) is 10.6. The molecule has 0 saturated carbocycles. The first-order chi connectivity index (χ1) is 8.56. The Hall–Kier alpha value is -2.02. The molecule has 0 amide bonds. The van der Waals surface area contributed by atoms with Crippen LogP contribution in [0.3, 0.4) is 0 Å². The molecule has 0 unspecified atom stereocenters. The third kappa shape index (κ3) is 2.80. The molecule has 0 fully saturated rings. The van der Waals surface area contributed by atoms with E-state index in [0.29, 0.717) is 4.47 Å². The highest BCUT2D eigenvalue weighted by atomic mass is 79.9. The number of rotatable bonds is 3. The number of aromatic carboxylic acids is 1. The van der Waals surface area contributed by atoms with E-state index in [-0.39, 0.29) is 17.2 Å². The van der Waals surface area contributed by atoms with Gasteiger partial charge in [0.1, 0.15) is 5.82 Å². The molecule has 0 aliphatic carbocycles. The highest BCUT2D eigenvalue weighted by molar-refractivity contribution is 9.10. The minimum Gasteiger partial charge on any atom is -0.476 e. The molecule has 0 spiro atoms. The van der Waals surface area contributed by atoms with Crippen molar-refractivity contribution in [2.24, 2.45) is 0 Å². The molecule has 1 heterocycles. The second kappa shape index (κ2) is 5.09. The topological polar surface area (TPSA) is 75.1 Å². The fraction of sp³-hybridized carbons (Fsp3) is 0. The summed E-state index contributed by atoms with van der Waals surface area (Å²) in [6, 6.07) is 7.11. The molecule has 18 heavy (non-hydrogen) atoms. The van der Waals surface area contributed by atoms with Crippen molar-refractivity contribution in [3.8, 4) is 0 Å². The number of carboxylic acids is 1. The van der Waals surface area contributed by atoms with Crippen LogP contribution in [-0.4, -0.2) is 21.3 Å². The summed E-state index contributed by atoms with van der Waals surface area (Å²) >= 11 is 3.22. The zero-order valence-electron chi connectivity index (χ0n) is 8.89. The Balaban J connectivity index is 2.23. The van der Waals surface area contributed by atoms with Crippen molar-refractivity contribution < 1.29 is 14.3 Å². The molecule has 92 valence electrons. The smallest absolute Gasteiger partial charge is 0.356 e. The zero-order chi connectivity index (χ0) is 13.1. The summed E-state index contributed by atoms with van der Waals surface area (Å²) in [6.45, 7) is 0. The number of hydrogen-bond donors (Lipinski definition) is 2. The first-order valence-electron chi connectivity index (χ1n) is 4.85. The summed E-state index contributed by atoms with van der Waals surface area (Å²) in [6.07, 6.45) is 0. The Bertz CT molecular complexity index is 589. The van der Waals surface area contributed by atoms with Crippen molar-refractivity contribution in [1.82, 2.24) is 10.2 Å². The van der Waals surface area contributed by atoms with E-state index in [4.69, 9.17) is 5.11 Å². The van der Waals surface area contributed by atoms with Gasteiger partial charge in [-0.3, -0.25) is 0 Å². The Morgan fingerprint density at radius 2 is 2.06 bits per heavy atom. The van der Waals surface area contributed by atoms with Crippen molar-refractivity contribution in [1.29, 1.82) is 0 Å². The van der Waals surface area contributed by atoms with Gasteiger partial charge in [0.25, 0.3) is 0 Å². The Morgan fingerprint density at radius 1 is 1.28 bits per heavy atom. The summed E-state index contributed by atoms with van der Waals surface area (Å²) in [5.74, 6) is -1.35. The summed E-state index contributed by atoms with van der Waals surface area (Å²) in [5.41, 5.74) is 0.0528. The van der Waals surface area contributed by atoms with Crippen LogP contribution >= 0.6 is 15.9 Å². The van der Waals surface area contributed by atoms with Gasteiger partial charge in [-0.1, -0.05) is 15.9 Å². The largest absolute Gasteiger partial charge is 0.476 e. The standard InChI is InChI=1S/C11H7BrFN3O2/c12-6-1-2-7(13)9(5-6)14-10-4-3-8(11(17)18)15-16-10/h1-5H,(H,14,16)(H,17,18). The number of aromatic nitrogens is 2. The number of carboxylic acid groups (broad SMARTS) is 1. The number of benzene rings is 1. The van der Waals surface area contributed by atoms with Crippen molar-refractivity contribution in [3.05, 3.63) is 46.3 Å². The monoisotopic (exact) mass is 311 g/mol. The molecule has 2 aromatic rings. The first kappa shape index (κ1) is 12.4. The van der Waals surface area contributed by atoms with Crippen molar-refractivity contribution in [2.75, 3.05) is 5.32 Å². The SMILES string of the molecule is O=C(O)c1ccc(Nc2cc(Br)ccc2F)nn1. The lowest BCUT2D eigenvalue weighted by Gasteiger charge is -2.06. The molecule has 0 bridgehead atoms. The number of anilines is 2. The number of nitrogens with zero attached hydrogens (tertiary/aromatic N) is 2. The lowest BCUT2D eigenvalue weighted by molar-refractivity contribution is 0.0689. The number of hydrogen-bond acceptors (Lipinski definition) is 4. The van der Waals surface area contributed by atoms with E-state index >= 15 is 0 Å². The van der Waals surface area contributed by atoms with E-state index in [1.807, 2.05) is 0 Å². The van der Waals surface area contributed by atoms with Crippen molar-refractivity contribution in [2.45, 2.75) is 0 Å². The fourth-order valence-corrected chi connectivity index (χ4v) is 1.61. The number of carbonyl (C=O) groups is 1. The number of nitrogens with one attached hydrogen (secondary N) is 1. The van der Waals surface area contributed by atoms with Crippen LogP contribution < -0.4 is 5.32 Å². The highest BCUT2D eigenvalue weighted by Gasteiger charge is 2.07. The van der Waals surface area contributed by atoms with Gasteiger partial charge >= 0.3 is 5.97 Å². The van der Waals surface area contributed by atoms with Gasteiger partial charge in [0.15, 0.2) is 11.5 Å². The van der Waals surface area contributed by atoms with E-state index in [2.05, 4.69) is 31.4 Å². The van der Waals surface area contributed by atoms with Crippen LogP contribution in [0, 0.1) is 5.82 Å². The lowest BCUT2D eigenvalue weighted by atomic mass is 10.3. The van der Waals surface area contributed by atoms with Crippen LogP contribution in [0.5, 0.6) is 0 Å². The van der Waals surface area contributed by atoms with E-state index in [0.717, 1.165) is 0 Å². The molecule has 0 atom stereocenters. The molecular weight excluding hydrogens is 305 g/mol. The quantitative estimate of drug-likeness (QED) is 0.911. The van der Waals surface area contributed by atoms with Crippen molar-refractivity contribution >= 4 is 33.4 Å². The molecular formula is C11H7BrFN3O2. The van der Waals surface area contributed by atoms with Gasteiger partial charge in [0, 0.05) is 4.47 Å². The predicted octanol–water partition coefficient (Wildman–Crippen LogP) is 2.82. The van der Waals surface area contributed by atoms with Gasteiger partial charge in [0.2, 0.25) is 0 Å². The summed E-state index contributed by atoms with van der Waals surface area (Å²) in [5, 5.41) is 18.5. The van der Waals surface area contributed by atoms with E-state index in [1.165, 1.54) is 18.2 Å². The average molecular weight is 312 g/mol. The van der Waals surface area contributed by atoms with Crippen LogP contribution in [0.2, 0.25) is 0 Å². The second-order valence-electron chi connectivity index (χ2n) is 3.36. The van der Waals surface area contributed by atoms with Gasteiger partial charge in [-0.15, -0.1) is 10.2 Å². The molecule has 2 rings (SSSR count). The highest BCUT2D eigenvalue weighted by Crippen LogP contribution is 2.22. The maximum atomic E-state index is 13.4. The normalized spacial score (nSPS) is 10.1. The first-order valence-corrected chi connectivity index (χ1v) is 5.64. The van der Waals surface area contributed by atoms with Crippen LogP contribution in [-0.2, 0) is 0 Å². The van der Waals surface area contributed by atoms with Gasteiger partial charge in [-0.25, -0.2) is 9.18 Å². The maximum Gasteiger partial charge on any atom is 0.356 e. The van der Waals surface area contributed by atoms with Crippen LogP contribution in [0.1, 0.15) is 10.5 Å². The van der Waals surface area contributed by atoms with Crippen LogP contribution in [0.25, 0.3) is 0 Å². The van der Waals surface area contributed by atoms with Crippen LogP contribution in [0.15, 0.2) is 34.8 Å². The zero-order valence-corrected chi connectivity index (χ0v) is 10.5. The van der Waals surface area contributed by atoms with Crippen LogP contribution in [0.4, 0.5) is 15.9 Å². The number of halogens is 2. The van der Waals surface area contributed by atoms with Gasteiger partial charge in [0.05, 0.1) is 5.69 Å². The van der Waals surface area contributed by atoms with Crippen molar-refractivity contribution in [3.63, 3.8) is 0 Å². The average Bonchev–Trinajstić information content (AvgIpc) is 2.34. The van der Waals surface area contributed by atoms with Gasteiger partial charge < -0.3 is 10.4 Å². The van der Waals surface area contributed by atoms with E-state index < -0.39 is 11.8 Å².